The summed E-state index contributed by atoms with van der Waals surface area (Å²) in [5.41, 5.74) is 8.22. The highest BCUT2D eigenvalue weighted by Gasteiger charge is 2.36. The van der Waals surface area contributed by atoms with Crippen LogP contribution in [-0.4, -0.2) is 68.9 Å². The second-order valence-corrected chi connectivity index (χ2v) is 8.14. The van der Waals surface area contributed by atoms with Gasteiger partial charge in [0.05, 0.1) is 17.2 Å². The van der Waals surface area contributed by atoms with Crippen molar-refractivity contribution in [1.82, 2.24) is 19.9 Å². The molecule has 0 amide bonds. The van der Waals surface area contributed by atoms with E-state index in [1.54, 1.807) is 11.3 Å². The minimum atomic E-state index is -0.649. The van der Waals surface area contributed by atoms with Crippen molar-refractivity contribution in [3.63, 3.8) is 0 Å². The van der Waals surface area contributed by atoms with E-state index in [1.165, 1.54) is 18.5 Å². The van der Waals surface area contributed by atoms with E-state index >= 15 is 0 Å². The fourth-order valence-electron chi connectivity index (χ4n) is 4.32. The molecule has 1 saturated heterocycles. The highest BCUT2D eigenvalue weighted by Crippen LogP contribution is 2.35. The van der Waals surface area contributed by atoms with E-state index in [-0.39, 0.29) is 17.5 Å². The average Bonchev–Trinajstić information content (AvgIpc) is 3.17. The van der Waals surface area contributed by atoms with E-state index in [0.29, 0.717) is 16.7 Å². The number of para-hydroxylation sites is 1. The van der Waals surface area contributed by atoms with Crippen molar-refractivity contribution in [3.05, 3.63) is 48.8 Å². The molecule has 0 bridgehead atoms. The molecule has 0 saturated carbocycles. The van der Waals surface area contributed by atoms with Crippen LogP contribution < -0.4 is 15.8 Å². The van der Waals surface area contributed by atoms with Crippen LogP contribution in [0.2, 0.25) is 0 Å². The first-order valence-electron chi connectivity index (χ1n) is 10.6. The lowest BCUT2D eigenvalue weighted by atomic mass is 10.0. The first-order chi connectivity index (χ1) is 15.5. The molecule has 3 aromatic rings. The number of phenolic OH excluding ortho intramolecular Hbond substituents is 2. The summed E-state index contributed by atoms with van der Waals surface area (Å²) >= 11 is 0. The number of hydrogen-bond donors (Lipinski definition) is 3. The van der Waals surface area contributed by atoms with Gasteiger partial charge in [-0.3, -0.25) is 10.7 Å². The number of hydrazone groups is 1. The van der Waals surface area contributed by atoms with E-state index in [2.05, 4.69) is 44.2 Å². The predicted molar refractivity (Wildman–Crippen MR) is 123 cm³/mol. The molecule has 2 aromatic carbocycles. The zero-order valence-electron chi connectivity index (χ0n) is 17.8. The van der Waals surface area contributed by atoms with Crippen molar-refractivity contribution in [2.24, 2.45) is 10.8 Å². The van der Waals surface area contributed by atoms with Gasteiger partial charge >= 0.3 is 0 Å². The molecule has 32 heavy (non-hydrogen) atoms. The van der Waals surface area contributed by atoms with Crippen LogP contribution in [-0.2, 0) is 0 Å². The number of phenols is 2. The van der Waals surface area contributed by atoms with Gasteiger partial charge in [0.2, 0.25) is 0 Å². The summed E-state index contributed by atoms with van der Waals surface area (Å²) in [7, 11) is 2.14. The summed E-state index contributed by atoms with van der Waals surface area (Å²) in [4.78, 5) is 10.9. The summed E-state index contributed by atoms with van der Waals surface area (Å²) in [5, 5.41) is 30.7. The Labute approximate surface area is 185 Å². The average molecular weight is 435 g/mol. The Morgan fingerprint density at radius 3 is 2.50 bits per heavy atom. The number of aromatic nitrogens is 2. The largest absolute Gasteiger partial charge is 0.504 e. The molecular weight excluding hydrogens is 408 g/mol. The van der Waals surface area contributed by atoms with Crippen LogP contribution >= 0.6 is 0 Å². The lowest BCUT2D eigenvalue weighted by Gasteiger charge is -2.44. The van der Waals surface area contributed by atoms with Gasteiger partial charge in [-0.1, -0.05) is 18.2 Å². The Kier molecular flexibility index (Phi) is 5.16. The lowest BCUT2D eigenvalue weighted by molar-refractivity contribution is 0.202. The number of piperidine rings is 1. The minimum absolute atomic E-state index is 0.240. The summed E-state index contributed by atoms with van der Waals surface area (Å²) < 4.78 is 0. The quantitative estimate of drug-likeness (QED) is 0.529. The molecule has 1 unspecified atom stereocenters. The van der Waals surface area contributed by atoms with E-state index in [0.717, 1.165) is 31.6 Å². The fourth-order valence-corrected chi connectivity index (χ4v) is 4.32. The van der Waals surface area contributed by atoms with E-state index in [9.17, 15) is 10.2 Å². The van der Waals surface area contributed by atoms with Crippen LogP contribution in [0.3, 0.4) is 0 Å². The van der Waals surface area contributed by atoms with Crippen molar-refractivity contribution >= 4 is 28.7 Å². The Bertz CT molecular complexity index is 1130. The smallest absolute Gasteiger partial charge is 0.197 e. The van der Waals surface area contributed by atoms with Crippen LogP contribution in [0, 0.1) is 0 Å². The first kappa shape index (κ1) is 20.3. The summed E-state index contributed by atoms with van der Waals surface area (Å²) in [6, 6.07) is 13.3. The summed E-state index contributed by atoms with van der Waals surface area (Å²) in [6.45, 7) is 2.02. The maximum absolute atomic E-state index is 10.0. The lowest BCUT2D eigenvalue weighted by Crippen LogP contribution is -2.59. The fraction of sp³-hybridized carbons (Fsp3) is 0.318. The third-order valence-corrected chi connectivity index (χ3v) is 6.05. The Balaban J connectivity index is 1.50. The molecule has 1 atom stereocenters. The number of nitrogens with two attached hydrogens (primary N) is 1. The molecule has 1 fully saturated rings. The van der Waals surface area contributed by atoms with Crippen molar-refractivity contribution in [2.45, 2.75) is 25.2 Å². The van der Waals surface area contributed by atoms with Crippen molar-refractivity contribution in [3.8, 4) is 11.5 Å². The van der Waals surface area contributed by atoms with E-state index < -0.39 is 6.29 Å². The van der Waals surface area contributed by atoms with Gasteiger partial charge in [-0.2, -0.15) is 5.10 Å². The first-order valence-corrected chi connectivity index (χ1v) is 10.6. The second kappa shape index (κ2) is 8.13. The molecule has 1 aromatic heterocycles. The number of hydrazine groups is 1. The Morgan fingerprint density at radius 2 is 1.75 bits per heavy atom. The zero-order valence-corrected chi connectivity index (χ0v) is 17.8. The van der Waals surface area contributed by atoms with Gasteiger partial charge in [-0.05, 0) is 51.2 Å². The molecule has 10 nitrogen and oxygen atoms in total. The molecule has 5 rings (SSSR count). The number of benzene rings is 2. The topological polar surface area (TPSA) is 118 Å². The zero-order chi connectivity index (χ0) is 22.2. The third-order valence-electron chi connectivity index (χ3n) is 6.05. The minimum Gasteiger partial charge on any atom is -0.504 e. The van der Waals surface area contributed by atoms with Crippen LogP contribution in [0.4, 0.5) is 11.5 Å². The summed E-state index contributed by atoms with van der Waals surface area (Å²) in [6.07, 6.45) is 4.47. The maximum Gasteiger partial charge on any atom is 0.197 e. The highest BCUT2D eigenvalue weighted by molar-refractivity contribution is 5.92. The van der Waals surface area contributed by atoms with Gasteiger partial charge in [0.25, 0.3) is 0 Å². The molecule has 166 valence electrons. The van der Waals surface area contributed by atoms with Gasteiger partial charge in [0, 0.05) is 11.5 Å². The highest BCUT2D eigenvalue weighted by atomic mass is 16.3. The molecule has 2 aliphatic heterocycles. The molecule has 0 radical (unpaired) electrons. The van der Waals surface area contributed by atoms with Gasteiger partial charge in [-0.15, -0.1) is 0 Å². The Morgan fingerprint density at radius 1 is 1.03 bits per heavy atom. The van der Waals surface area contributed by atoms with Crippen LogP contribution in [0.5, 0.6) is 11.5 Å². The number of anilines is 2. The van der Waals surface area contributed by atoms with Crippen molar-refractivity contribution in [1.29, 1.82) is 0 Å². The van der Waals surface area contributed by atoms with Crippen LogP contribution in [0.25, 0.3) is 10.9 Å². The second-order valence-electron chi connectivity index (χ2n) is 8.14. The van der Waals surface area contributed by atoms with Gasteiger partial charge in [0.1, 0.15) is 12.7 Å². The number of rotatable bonds is 4. The molecule has 0 spiro atoms. The number of aromatic hydroxyl groups is 2. The van der Waals surface area contributed by atoms with E-state index in [1.807, 2.05) is 23.2 Å². The summed E-state index contributed by atoms with van der Waals surface area (Å²) in [5.74, 6) is -0.0390. The molecule has 4 N–H and O–H groups in total. The molecule has 2 aliphatic rings. The van der Waals surface area contributed by atoms with Gasteiger partial charge in [-0.25, -0.2) is 20.0 Å². The third kappa shape index (κ3) is 3.53. The number of fused-ring (bicyclic) bond motifs is 1. The van der Waals surface area contributed by atoms with Gasteiger partial charge in [0.15, 0.2) is 23.6 Å². The van der Waals surface area contributed by atoms with Crippen LogP contribution in [0.1, 0.15) is 12.8 Å². The normalized spacial score (nSPS) is 19.8. The van der Waals surface area contributed by atoms with E-state index in [4.69, 9.17) is 5.73 Å². The van der Waals surface area contributed by atoms with Gasteiger partial charge < -0.3 is 15.1 Å². The number of hydrogen-bond acceptors (Lipinski definition) is 10. The maximum atomic E-state index is 10.0. The Hall–Kier alpha value is -3.63. The number of nitrogens with zero attached hydrogens (tertiary/aromatic N) is 7. The predicted octanol–water partition coefficient (Wildman–Crippen LogP) is 1.86. The van der Waals surface area contributed by atoms with Crippen molar-refractivity contribution < 1.29 is 10.2 Å². The molecule has 3 heterocycles. The monoisotopic (exact) mass is 434 g/mol. The molecule has 0 aliphatic carbocycles. The SMILES string of the molecule is CN1CCC(N(c2ccccc2)N2C=NN(c3ncnc4cc(O)c(O)cc34)C2N)CC1. The molecular formula is C22H26N8O2. The molecule has 10 heteroatoms. The van der Waals surface area contributed by atoms with Crippen LogP contribution in [0.15, 0.2) is 53.9 Å². The standard InChI is InChI=1S/C22H26N8O2/c1-27-9-7-16(8-10-27)30(15-5-3-2-4-6-15)28-14-26-29(22(28)23)21-17-11-19(31)20(32)12-18(17)24-13-25-21/h2-6,11-14,16,22,31-32H,7-10,23H2,1H3. The van der Waals surface area contributed by atoms with Crippen molar-refractivity contribution in [2.75, 3.05) is 30.2 Å². The number of likely N-dealkylation sites (tertiary alicyclic amines) is 1.